The normalized spacial score (nSPS) is 9.93. The van der Waals surface area contributed by atoms with Crippen LogP contribution >= 0.6 is 11.8 Å². The Hall–Kier alpha value is -1.58. The van der Waals surface area contributed by atoms with Crippen molar-refractivity contribution in [2.75, 3.05) is 13.4 Å². The van der Waals surface area contributed by atoms with E-state index in [4.69, 9.17) is 0 Å². The molecule has 0 N–H and O–H groups in total. The molecule has 0 aromatic heterocycles. The molecular weight excluding hydrogens is 208 g/mol. The summed E-state index contributed by atoms with van der Waals surface area (Å²) in [5, 5.41) is 0. The molecule has 2 nitrogen and oxygen atoms in total. The van der Waals surface area contributed by atoms with Crippen molar-refractivity contribution in [3.8, 4) is 23.7 Å². The lowest BCUT2D eigenvalue weighted by atomic mass is 10.4. The standard InChI is InChI=1S/C12H12O2S/c1-4-5-6-8-11(15-3)9-7-10-12(13)14-2/h7,9-10H,1-3H3. The van der Waals surface area contributed by atoms with Crippen LogP contribution in [-0.2, 0) is 9.53 Å². The number of thioether (sulfide) groups is 1. The quantitative estimate of drug-likeness (QED) is 0.315. The molecule has 0 heterocycles. The molecule has 0 atom stereocenters. The maximum Gasteiger partial charge on any atom is 0.330 e. The Morgan fingerprint density at radius 1 is 1.40 bits per heavy atom. The molecule has 0 bridgehead atoms. The molecule has 0 fully saturated rings. The number of hydrogen-bond donors (Lipinski definition) is 0. The van der Waals surface area contributed by atoms with E-state index in [1.54, 1.807) is 19.1 Å². The summed E-state index contributed by atoms with van der Waals surface area (Å²) >= 11 is 1.50. The maximum absolute atomic E-state index is 10.7. The summed E-state index contributed by atoms with van der Waals surface area (Å²) < 4.78 is 4.44. The fourth-order valence-electron chi connectivity index (χ4n) is 0.598. The van der Waals surface area contributed by atoms with Crippen LogP contribution in [0.1, 0.15) is 6.92 Å². The first-order valence-corrected chi connectivity index (χ1v) is 5.40. The molecule has 0 amide bonds. The van der Waals surface area contributed by atoms with Crippen molar-refractivity contribution in [1.82, 2.24) is 0 Å². The number of rotatable bonds is 3. The molecule has 0 rings (SSSR count). The lowest BCUT2D eigenvalue weighted by molar-refractivity contribution is -0.134. The fourth-order valence-corrected chi connectivity index (χ4v) is 0.966. The van der Waals surface area contributed by atoms with Crippen LogP contribution in [0.3, 0.4) is 0 Å². The van der Waals surface area contributed by atoms with Gasteiger partial charge in [0, 0.05) is 6.08 Å². The molecule has 3 heteroatoms. The van der Waals surface area contributed by atoms with Gasteiger partial charge in [-0.1, -0.05) is 12.0 Å². The summed E-state index contributed by atoms with van der Waals surface area (Å²) in [6.07, 6.45) is 6.59. The average molecular weight is 220 g/mol. The number of carbonyl (C=O) groups excluding carboxylic acids is 1. The van der Waals surface area contributed by atoms with Crippen molar-refractivity contribution in [3.63, 3.8) is 0 Å². The maximum atomic E-state index is 10.7. The van der Waals surface area contributed by atoms with Gasteiger partial charge >= 0.3 is 5.97 Å². The monoisotopic (exact) mass is 220 g/mol. The van der Waals surface area contributed by atoms with Crippen LogP contribution in [0.4, 0.5) is 0 Å². The smallest absolute Gasteiger partial charge is 0.330 e. The zero-order valence-electron chi connectivity index (χ0n) is 8.96. The number of ether oxygens (including phenoxy) is 1. The number of hydrogen-bond acceptors (Lipinski definition) is 3. The fraction of sp³-hybridized carbons (Fsp3) is 0.250. The van der Waals surface area contributed by atoms with E-state index in [-0.39, 0.29) is 5.97 Å². The third-order valence-electron chi connectivity index (χ3n) is 1.27. The Morgan fingerprint density at radius 2 is 2.13 bits per heavy atom. The molecule has 0 unspecified atom stereocenters. The van der Waals surface area contributed by atoms with Gasteiger partial charge in [0.25, 0.3) is 0 Å². The average Bonchev–Trinajstić information content (AvgIpc) is 2.26. The third-order valence-corrected chi connectivity index (χ3v) is 1.95. The predicted octanol–water partition coefficient (Wildman–Crippen LogP) is 1.99. The van der Waals surface area contributed by atoms with Gasteiger partial charge in [0.05, 0.1) is 12.0 Å². The predicted molar refractivity (Wildman–Crippen MR) is 64.0 cm³/mol. The molecule has 0 spiro atoms. The Kier molecular flexibility index (Phi) is 8.05. The van der Waals surface area contributed by atoms with E-state index in [0.717, 1.165) is 4.91 Å². The van der Waals surface area contributed by atoms with E-state index in [9.17, 15) is 4.79 Å². The zero-order valence-corrected chi connectivity index (χ0v) is 9.77. The zero-order chi connectivity index (χ0) is 11.5. The molecule has 0 aliphatic heterocycles. The molecule has 0 aromatic rings. The molecule has 0 radical (unpaired) electrons. The van der Waals surface area contributed by atoms with E-state index < -0.39 is 0 Å². The molecule has 0 aliphatic carbocycles. The number of esters is 1. The van der Waals surface area contributed by atoms with Gasteiger partial charge in [0.2, 0.25) is 0 Å². The SMILES string of the molecule is CC#CC#CC(=CC=CC(=O)OC)SC. The minimum absolute atomic E-state index is 0.381. The van der Waals surface area contributed by atoms with E-state index in [1.807, 2.05) is 6.26 Å². The van der Waals surface area contributed by atoms with Crippen LogP contribution in [0.2, 0.25) is 0 Å². The summed E-state index contributed by atoms with van der Waals surface area (Å²) in [6.45, 7) is 1.73. The van der Waals surface area contributed by atoms with Crippen molar-refractivity contribution in [2.24, 2.45) is 0 Å². The van der Waals surface area contributed by atoms with Crippen molar-refractivity contribution < 1.29 is 9.53 Å². The van der Waals surface area contributed by atoms with Crippen molar-refractivity contribution in [3.05, 3.63) is 23.1 Å². The summed E-state index contributed by atoms with van der Waals surface area (Å²) in [5.74, 6) is 10.5. The number of carbonyl (C=O) groups is 1. The minimum atomic E-state index is -0.381. The molecule has 0 saturated carbocycles. The van der Waals surface area contributed by atoms with E-state index >= 15 is 0 Å². The highest BCUT2D eigenvalue weighted by atomic mass is 32.2. The van der Waals surface area contributed by atoms with E-state index in [0.29, 0.717) is 0 Å². The highest BCUT2D eigenvalue weighted by molar-refractivity contribution is 8.02. The number of allylic oxidation sites excluding steroid dienone is 3. The van der Waals surface area contributed by atoms with Gasteiger partial charge in [0.15, 0.2) is 0 Å². The first-order chi connectivity index (χ1) is 7.24. The Balaban J connectivity index is 4.47. The van der Waals surface area contributed by atoms with Crippen LogP contribution in [-0.4, -0.2) is 19.3 Å². The lowest BCUT2D eigenvalue weighted by Gasteiger charge is -1.89. The second-order valence-electron chi connectivity index (χ2n) is 2.24. The summed E-state index contributed by atoms with van der Waals surface area (Å²) in [7, 11) is 1.34. The van der Waals surface area contributed by atoms with Gasteiger partial charge in [-0.3, -0.25) is 0 Å². The summed E-state index contributed by atoms with van der Waals surface area (Å²) in [4.78, 5) is 11.6. The largest absolute Gasteiger partial charge is 0.466 e. The lowest BCUT2D eigenvalue weighted by Crippen LogP contribution is -1.92. The third kappa shape index (κ3) is 7.49. The molecule has 15 heavy (non-hydrogen) atoms. The van der Waals surface area contributed by atoms with Gasteiger partial charge < -0.3 is 4.74 Å². The van der Waals surface area contributed by atoms with E-state index in [2.05, 4.69) is 28.4 Å². The topological polar surface area (TPSA) is 26.3 Å². The Bertz CT molecular complexity index is 383. The molecule has 0 aromatic carbocycles. The van der Waals surface area contributed by atoms with Gasteiger partial charge in [-0.15, -0.1) is 11.8 Å². The van der Waals surface area contributed by atoms with Crippen molar-refractivity contribution in [1.29, 1.82) is 0 Å². The number of methoxy groups -OCH3 is 1. The van der Waals surface area contributed by atoms with Gasteiger partial charge in [-0.25, -0.2) is 4.79 Å². The van der Waals surface area contributed by atoms with Gasteiger partial charge in [-0.05, 0) is 37.0 Å². The molecule has 0 saturated heterocycles. The summed E-state index contributed by atoms with van der Waals surface area (Å²) in [6, 6.07) is 0. The van der Waals surface area contributed by atoms with Crippen LogP contribution in [0.25, 0.3) is 0 Å². The first kappa shape index (κ1) is 13.4. The minimum Gasteiger partial charge on any atom is -0.466 e. The highest BCUT2D eigenvalue weighted by Crippen LogP contribution is 2.09. The Morgan fingerprint density at radius 3 is 2.67 bits per heavy atom. The van der Waals surface area contributed by atoms with Crippen molar-refractivity contribution >= 4 is 17.7 Å². The summed E-state index contributed by atoms with van der Waals surface area (Å²) in [5.41, 5.74) is 0. The van der Waals surface area contributed by atoms with Gasteiger partial charge in [0.1, 0.15) is 0 Å². The van der Waals surface area contributed by atoms with Crippen LogP contribution < -0.4 is 0 Å². The first-order valence-electron chi connectivity index (χ1n) is 4.17. The molecule has 0 aliphatic rings. The second-order valence-corrected chi connectivity index (χ2v) is 3.09. The van der Waals surface area contributed by atoms with Crippen molar-refractivity contribution in [2.45, 2.75) is 6.92 Å². The van der Waals surface area contributed by atoms with Crippen LogP contribution in [0, 0.1) is 23.7 Å². The van der Waals surface area contributed by atoms with E-state index in [1.165, 1.54) is 24.9 Å². The van der Waals surface area contributed by atoms with Gasteiger partial charge in [-0.2, -0.15) is 0 Å². The van der Waals surface area contributed by atoms with Crippen LogP contribution in [0.5, 0.6) is 0 Å². The molecule has 78 valence electrons. The second kappa shape index (κ2) is 8.99. The molecular formula is C12H12O2S. The Labute approximate surface area is 94.8 Å². The van der Waals surface area contributed by atoms with Crippen LogP contribution in [0.15, 0.2) is 23.1 Å². The highest BCUT2D eigenvalue weighted by Gasteiger charge is 1.89.